The van der Waals surface area contributed by atoms with Crippen molar-refractivity contribution >= 4 is 44.5 Å². The van der Waals surface area contributed by atoms with Crippen LogP contribution in [0.2, 0.25) is 0 Å². The van der Waals surface area contributed by atoms with Crippen molar-refractivity contribution in [3.05, 3.63) is 69.2 Å². The van der Waals surface area contributed by atoms with Gasteiger partial charge in [0.1, 0.15) is 5.82 Å². The highest BCUT2D eigenvalue weighted by Gasteiger charge is 2.35. The number of halogens is 4. The summed E-state index contributed by atoms with van der Waals surface area (Å²) in [5, 5.41) is 12.6. The Balaban J connectivity index is 1.70. The standard InChI is InChI=1S/C27H27BrF3N3O3/c1-16-24(20-14-18(28)9-10-22(20)33-25(16)34-12-4-5-13-34)26(37)32-15-17(8-11-23(35)36)19-6-2-3-7-21(19)27(29,30)31/h2-3,6-7,9-10,14,17H,4-5,8,11-13,15H2,1H3,(H,32,37)(H,35,36)/t17-/m0/s1. The number of aromatic nitrogens is 1. The zero-order valence-corrected chi connectivity index (χ0v) is 21.8. The van der Waals surface area contributed by atoms with Gasteiger partial charge in [-0.05, 0) is 56.0 Å². The summed E-state index contributed by atoms with van der Waals surface area (Å²) in [6.07, 6.45) is -2.91. The fraction of sp³-hybridized carbons (Fsp3) is 0.370. The second kappa shape index (κ2) is 11.1. The zero-order chi connectivity index (χ0) is 26.7. The molecule has 1 aliphatic rings. The number of anilines is 1. The number of fused-ring (bicyclic) bond motifs is 1. The van der Waals surface area contributed by atoms with Gasteiger partial charge in [-0.15, -0.1) is 0 Å². The van der Waals surface area contributed by atoms with Crippen molar-refractivity contribution in [2.45, 2.75) is 44.7 Å². The van der Waals surface area contributed by atoms with Gasteiger partial charge < -0.3 is 15.3 Å². The molecule has 3 aromatic rings. The van der Waals surface area contributed by atoms with Crippen LogP contribution in [0.5, 0.6) is 0 Å². The highest BCUT2D eigenvalue weighted by atomic mass is 79.9. The Morgan fingerprint density at radius 1 is 1.16 bits per heavy atom. The molecule has 10 heteroatoms. The minimum Gasteiger partial charge on any atom is -0.481 e. The lowest BCUT2D eigenvalue weighted by Gasteiger charge is -2.24. The van der Waals surface area contributed by atoms with Crippen molar-refractivity contribution in [3.8, 4) is 0 Å². The number of carboxylic acids is 1. The van der Waals surface area contributed by atoms with Gasteiger partial charge in [-0.3, -0.25) is 9.59 Å². The molecular formula is C27H27BrF3N3O3. The Morgan fingerprint density at radius 3 is 2.54 bits per heavy atom. The lowest BCUT2D eigenvalue weighted by Crippen LogP contribution is -2.31. The van der Waals surface area contributed by atoms with Gasteiger partial charge in [0.05, 0.1) is 16.6 Å². The SMILES string of the molecule is Cc1c(N2CCCC2)nc2ccc(Br)cc2c1C(=O)NC[C@H](CCC(=O)O)c1ccccc1C(F)(F)F. The van der Waals surface area contributed by atoms with Gasteiger partial charge in [-0.1, -0.05) is 34.1 Å². The maximum absolute atomic E-state index is 13.7. The van der Waals surface area contributed by atoms with Crippen LogP contribution in [0.15, 0.2) is 46.9 Å². The van der Waals surface area contributed by atoms with Crippen LogP contribution in [0.3, 0.4) is 0 Å². The van der Waals surface area contributed by atoms with Gasteiger partial charge in [0.2, 0.25) is 0 Å². The number of carbonyl (C=O) groups is 2. The molecule has 2 heterocycles. The summed E-state index contributed by atoms with van der Waals surface area (Å²) in [6.45, 7) is 3.36. The Bertz CT molecular complexity index is 1320. The van der Waals surface area contributed by atoms with Crippen molar-refractivity contribution in [2.75, 3.05) is 24.5 Å². The first-order chi connectivity index (χ1) is 17.6. The first kappa shape index (κ1) is 26.9. The van der Waals surface area contributed by atoms with Gasteiger partial charge in [0.25, 0.3) is 5.91 Å². The summed E-state index contributed by atoms with van der Waals surface area (Å²) in [7, 11) is 0. The van der Waals surface area contributed by atoms with E-state index in [4.69, 9.17) is 4.98 Å². The maximum Gasteiger partial charge on any atom is 0.416 e. The van der Waals surface area contributed by atoms with Gasteiger partial charge in [-0.2, -0.15) is 13.2 Å². The monoisotopic (exact) mass is 577 g/mol. The lowest BCUT2D eigenvalue weighted by molar-refractivity contribution is -0.138. The molecule has 0 radical (unpaired) electrons. The van der Waals surface area contributed by atoms with E-state index in [1.54, 1.807) is 6.07 Å². The number of nitrogens with zero attached hydrogens (tertiary/aromatic N) is 2. The molecule has 0 aliphatic carbocycles. The first-order valence-corrected chi connectivity index (χ1v) is 12.9. The number of alkyl halides is 3. The summed E-state index contributed by atoms with van der Waals surface area (Å²) >= 11 is 3.45. The largest absolute Gasteiger partial charge is 0.481 e. The number of pyridine rings is 1. The van der Waals surface area contributed by atoms with E-state index in [0.29, 0.717) is 22.0 Å². The van der Waals surface area contributed by atoms with E-state index in [9.17, 15) is 27.9 Å². The Kier molecular flexibility index (Phi) is 8.06. The highest BCUT2D eigenvalue weighted by molar-refractivity contribution is 9.10. The van der Waals surface area contributed by atoms with Crippen LogP contribution in [-0.4, -0.2) is 41.6 Å². The van der Waals surface area contributed by atoms with Crippen LogP contribution in [0.4, 0.5) is 19.0 Å². The number of rotatable bonds is 8. The number of benzene rings is 2. The molecular weight excluding hydrogens is 551 g/mol. The van der Waals surface area contributed by atoms with Crippen molar-refractivity contribution in [1.82, 2.24) is 10.3 Å². The molecule has 0 spiro atoms. The third-order valence-electron chi connectivity index (χ3n) is 6.72. The van der Waals surface area contributed by atoms with E-state index in [-0.39, 0.29) is 24.9 Å². The van der Waals surface area contributed by atoms with Crippen LogP contribution >= 0.6 is 15.9 Å². The molecule has 2 aromatic carbocycles. The second-order valence-electron chi connectivity index (χ2n) is 9.22. The van der Waals surface area contributed by atoms with Gasteiger partial charge in [-0.25, -0.2) is 4.98 Å². The highest BCUT2D eigenvalue weighted by Crippen LogP contribution is 2.37. The van der Waals surface area contributed by atoms with Gasteiger partial charge in [0, 0.05) is 47.4 Å². The number of amides is 1. The van der Waals surface area contributed by atoms with Crippen LogP contribution in [0.1, 0.15) is 58.6 Å². The van der Waals surface area contributed by atoms with Crippen LogP contribution in [0.25, 0.3) is 10.9 Å². The van der Waals surface area contributed by atoms with Crippen LogP contribution < -0.4 is 10.2 Å². The normalized spacial score (nSPS) is 14.7. The first-order valence-electron chi connectivity index (χ1n) is 12.1. The van der Waals surface area contributed by atoms with Crippen molar-refractivity contribution in [3.63, 3.8) is 0 Å². The van der Waals surface area contributed by atoms with Gasteiger partial charge >= 0.3 is 12.1 Å². The number of nitrogens with one attached hydrogen (secondary N) is 1. The molecule has 1 amide bonds. The van der Waals surface area contributed by atoms with E-state index in [0.717, 1.165) is 42.3 Å². The van der Waals surface area contributed by atoms with Crippen molar-refractivity contribution in [1.29, 1.82) is 0 Å². The molecule has 4 rings (SSSR count). The van der Waals surface area contributed by atoms with E-state index in [1.165, 1.54) is 18.2 Å². The third kappa shape index (κ3) is 6.06. The molecule has 1 saturated heterocycles. The summed E-state index contributed by atoms with van der Waals surface area (Å²) in [5.74, 6) is -1.66. The summed E-state index contributed by atoms with van der Waals surface area (Å²) in [5.41, 5.74) is 0.890. The zero-order valence-electron chi connectivity index (χ0n) is 20.2. The number of hydrogen-bond donors (Lipinski definition) is 2. The van der Waals surface area contributed by atoms with E-state index >= 15 is 0 Å². The molecule has 0 bridgehead atoms. The summed E-state index contributed by atoms with van der Waals surface area (Å²) < 4.78 is 41.9. The molecule has 2 N–H and O–H groups in total. The Morgan fingerprint density at radius 2 is 1.86 bits per heavy atom. The van der Waals surface area contributed by atoms with Gasteiger partial charge in [0.15, 0.2) is 0 Å². The van der Waals surface area contributed by atoms with Crippen molar-refractivity contribution in [2.24, 2.45) is 0 Å². The fourth-order valence-corrected chi connectivity index (χ4v) is 5.29. The van der Waals surface area contributed by atoms with E-state index in [2.05, 4.69) is 26.1 Å². The maximum atomic E-state index is 13.7. The molecule has 0 unspecified atom stereocenters. The summed E-state index contributed by atoms with van der Waals surface area (Å²) in [4.78, 5) is 31.8. The number of aliphatic carboxylic acids is 1. The lowest BCUT2D eigenvalue weighted by atomic mass is 9.89. The minimum atomic E-state index is -4.60. The second-order valence-corrected chi connectivity index (χ2v) is 10.1. The quantitative estimate of drug-likeness (QED) is 0.328. The number of hydrogen-bond acceptors (Lipinski definition) is 4. The molecule has 1 aliphatic heterocycles. The molecule has 196 valence electrons. The topological polar surface area (TPSA) is 82.5 Å². The predicted molar refractivity (Wildman–Crippen MR) is 139 cm³/mol. The molecule has 1 aromatic heterocycles. The van der Waals surface area contributed by atoms with E-state index in [1.807, 2.05) is 19.1 Å². The Labute approximate surface area is 221 Å². The summed E-state index contributed by atoms with van der Waals surface area (Å²) in [6, 6.07) is 10.6. The number of carboxylic acid groups (broad SMARTS) is 1. The van der Waals surface area contributed by atoms with E-state index < -0.39 is 29.5 Å². The van der Waals surface area contributed by atoms with Crippen LogP contribution in [-0.2, 0) is 11.0 Å². The minimum absolute atomic E-state index is 0.0339. The molecule has 6 nitrogen and oxygen atoms in total. The molecule has 1 atom stereocenters. The third-order valence-corrected chi connectivity index (χ3v) is 7.21. The average Bonchev–Trinajstić information content (AvgIpc) is 3.37. The molecule has 37 heavy (non-hydrogen) atoms. The molecule has 0 saturated carbocycles. The number of carbonyl (C=O) groups excluding carboxylic acids is 1. The smallest absolute Gasteiger partial charge is 0.416 e. The molecule has 1 fully saturated rings. The fourth-order valence-electron chi connectivity index (χ4n) is 4.93. The Hall–Kier alpha value is -3.14. The average molecular weight is 578 g/mol. The predicted octanol–water partition coefficient (Wildman–Crippen LogP) is 6.30. The van der Waals surface area contributed by atoms with Crippen LogP contribution in [0, 0.1) is 6.92 Å². The van der Waals surface area contributed by atoms with Crippen molar-refractivity contribution < 1.29 is 27.9 Å².